The number of anilines is 1. The number of thiazole rings is 1. The molecule has 4 nitrogen and oxygen atoms in total. The summed E-state index contributed by atoms with van der Waals surface area (Å²) in [5.41, 5.74) is 7.39. The van der Waals surface area contributed by atoms with Crippen LogP contribution in [0.15, 0.2) is 0 Å². The average molecular weight is 268 g/mol. The van der Waals surface area contributed by atoms with E-state index in [0.717, 1.165) is 31.1 Å². The molecular weight excluding hydrogens is 244 g/mol. The van der Waals surface area contributed by atoms with Crippen molar-refractivity contribution in [3.05, 3.63) is 10.6 Å². The smallest absolute Gasteiger partial charge is 0.185 e. The van der Waals surface area contributed by atoms with Crippen molar-refractivity contribution in [1.82, 2.24) is 9.88 Å². The van der Waals surface area contributed by atoms with Crippen LogP contribution in [0.3, 0.4) is 0 Å². The molecule has 0 aliphatic heterocycles. The minimum atomic E-state index is 0.218. The molecule has 1 aliphatic carbocycles. The van der Waals surface area contributed by atoms with Crippen molar-refractivity contribution < 1.29 is 0 Å². The van der Waals surface area contributed by atoms with Crippen molar-refractivity contribution in [2.24, 2.45) is 5.73 Å². The fourth-order valence-corrected chi connectivity index (χ4v) is 3.46. The first-order valence-electron chi connectivity index (χ1n) is 6.69. The average Bonchev–Trinajstić information content (AvgIpc) is 2.74. The van der Waals surface area contributed by atoms with E-state index in [0.29, 0.717) is 0 Å². The van der Waals surface area contributed by atoms with Gasteiger partial charge in [-0.15, -0.1) is 11.3 Å². The molecule has 0 aromatic carbocycles. The first-order valence-corrected chi connectivity index (χ1v) is 7.50. The van der Waals surface area contributed by atoms with Gasteiger partial charge in [0.05, 0.1) is 5.69 Å². The number of aromatic nitrogens is 1. The topological polar surface area (TPSA) is 45.4 Å². The maximum atomic E-state index is 6.14. The molecule has 0 saturated carbocycles. The van der Waals surface area contributed by atoms with Gasteiger partial charge < -0.3 is 15.5 Å². The van der Waals surface area contributed by atoms with Gasteiger partial charge >= 0.3 is 0 Å². The summed E-state index contributed by atoms with van der Waals surface area (Å²) in [6, 6.07) is 0.218. The second-order valence-electron chi connectivity index (χ2n) is 5.38. The molecule has 102 valence electrons. The van der Waals surface area contributed by atoms with E-state index < -0.39 is 0 Å². The third-order valence-corrected chi connectivity index (χ3v) is 4.75. The highest BCUT2D eigenvalue weighted by Gasteiger charge is 2.22. The summed E-state index contributed by atoms with van der Waals surface area (Å²) in [6.07, 6.45) is 4.56. The molecule has 0 saturated heterocycles. The summed E-state index contributed by atoms with van der Waals surface area (Å²) in [5.74, 6) is 0. The quantitative estimate of drug-likeness (QED) is 0.885. The molecule has 1 aromatic heterocycles. The van der Waals surface area contributed by atoms with Gasteiger partial charge in [0.1, 0.15) is 0 Å². The van der Waals surface area contributed by atoms with Crippen molar-refractivity contribution >= 4 is 16.5 Å². The Morgan fingerprint density at radius 3 is 2.78 bits per heavy atom. The second-order valence-corrected chi connectivity index (χ2v) is 6.39. The van der Waals surface area contributed by atoms with Crippen molar-refractivity contribution in [2.75, 3.05) is 39.1 Å². The Balaban J connectivity index is 1.96. The predicted molar refractivity (Wildman–Crippen MR) is 78.4 cm³/mol. The standard InChI is InChI=1S/C13H24N4S/c1-16(2)8-5-9-17(3)13-15-11-7-4-6-10(14)12(11)18-13/h10H,4-9,14H2,1-3H3. The fraction of sp³-hybridized carbons (Fsp3) is 0.769. The summed E-state index contributed by atoms with van der Waals surface area (Å²) in [4.78, 5) is 10.5. The van der Waals surface area contributed by atoms with Gasteiger partial charge in [-0.05, 0) is 46.3 Å². The Labute approximate surface area is 114 Å². The largest absolute Gasteiger partial charge is 0.351 e. The molecule has 0 spiro atoms. The van der Waals surface area contributed by atoms with Gasteiger partial charge in [0.15, 0.2) is 5.13 Å². The zero-order valence-corrected chi connectivity index (χ0v) is 12.5. The zero-order valence-electron chi connectivity index (χ0n) is 11.6. The lowest BCUT2D eigenvalue weighted by atomic mass is 9.99. The van der Waals surface area contributed by atoms with Gasteiger partial charge in [-0.3, -0.25) is 0 Å². The SMILES string of the molecule is CN(C)CCCN(C)c1nc2c(s1)C(N)CCC2. The lowest BCUT2D eigenvalue weighted by Crippen LogP contribution is -2.23. The van der Waals surface area contributed by atoms with E-state index in [2.05, 4.69) is 30.9 Å². The Kier molecular flexibility index (Phi) is 4.59. The number of nitrogens with two attached hydrogens (primary N) is 1. The molecule has 1 aromatic rings. The van der Waals surface area contributed by atoms with Gasteiger partial charge in [-0.2, -0.15) is 0 Å². The van der Waals surface area contributed by atoms with Crippen LogP contribution in [0, 0.1) is 0 Å². The monoisotopic (exact) mass is 268 g/mol. The Bertz CT molecular complexity index is 388. The van der Waals surface area contributed by atoms with E-state index in [-0.39, 0.29) is 6.04 Å². The normalized spacial score (nSPS) is 19.1. The van der Waals surface area contributed by atoms with Crippen LogP contribution in [0.1, 0.15) is 35.9 Å². The molecule has 18 heavy (non-hydrogen) atoms. The Hall–Kier alpha value is -0.650. The lowest BCUT2D eigenvalue weighted by Gasteiger charge is -2.17. The van der Waals surface area contributed by atoms with E-state index in [1.165, 1.54) is 23.4 Å². The molecule has 0 radical (unpaired) electrons. The molecule has 1 aliphatic rings. The molecule has 2 N–H and O–H groups in total. The summed E-state index contributed by atoms with van der Waals surface area (Å²) < 4.78 is 0. The van der Waals surface area contributed by atoms with E-state index in [9.17, 15) is 0 Å². The van der Waals surface area contributed by atoms with Crippen LogP contribution in [0.2, 0.25) is 0 Å². The van der Waals surface area contributed by atoms with Crippen LogP contribution in [-0.2, 0) is 6.42 Å². The molecule has 1 unspecified atom stereocenters. The highest BCUT2D eigenvalue weighted by atomic mass is 32.1. The van der Waals surface area contributed by atoms with E-state index in [1.807, 2.05) is 0 Å². The number of rotatable bonds is 5. The molecule has 2 rings (SSSR count). The first kappa shape index (κ1) is 13.8. The summed E-state index contributed by atoms with van der Waals surface area (Å²) in [6.45, 7) is 2.18. The van der Waals surface area contributed by atoms with Crippen LogP contribution < -0.4 is 10.6 Å². The lowest BCUT2D eigenvalue weighted by molar-refractivity contribution is 0.401. The van der Waals surface area contributed by atoms with Crippen LogP contribution in [-0.4, -0.2) is 44.1 Å². The Morgan fingerprint density at radius 2 is 2.11 bits per heavy atom. The predicted octanol–water partition coefficient (Wildman–Crippen LogP) is 1.87. The second kappa shape index (κ2) is 5.99. The van der Waals surface area contributed by atoms with Crippen molar-refractivity contribution in [3.8, 4) is 0 Å². The van der Waals surface area contributed by atoms with Crippen LogP contribution in [0.5, 0.6) is 0 Å². The van der Waals surface area contributed by atoms with Crippen molar-refractivity contribution in [2.45, 2.75) is 31.7 Å². The number of hydrogen-bond donors (Lipinski definition) is 1. The van der Waals surface area contributed by atoms with E-state index >= 15 is 0 Å². The minimum absolute atomic E-state index is 0.218. The molecule has 0 fully saturated rings. The summed E-state index contributed by atoms with van der Waals surface area (Å²) in [7, 11) is 6.35. The third-order valence-electron chi connectivity index (χ3n) is 3.41. The molecule has 5 heteroatoms. The molecular formula is C13H24N4S. The van der Waals surface area contributed by atoms with Crippen molar-refractivity contribution in [1.29, 1.82) is 0 Å². The zero-order chi connectivity index (χ0) is 13.1. The minimum Gasteiger partial charge on any atom is -0.351 e. The molecule has 0 amide bonds. The van der Waals surface area contributed by atoms with Crippen molar-refractivity contribution in [3.63, 3.8) is 0 Å². The number of nitrogens with zero attached hydrogens (tertiary/aromatic N) is 3. The van der Waals surface area contributed by atoms with Crippen LogP contribution >= 0.6 is 11.3 Å². The number of hydrogen-bond acceptors (Lipinski definition) is 5. The maximum absolute atomic E-state index is 6.14. The van der Waals surface area contributed by atoms with Gasteiger partial charge in [0, 0.05) is 24.5 Å². The highest BCUT2D eigenvalue weighted by molar-refractivity contribution is 7.15. The number of aryl methyl sites for hydroxylation is 1. The first-order chi connectivity index (χ1) is 8.58. The molecule has 0 bridgehead atoms. The fourth-order valence-electron chi connectivity index (χ4n) is 2.32. The summed E-state index contributed by atoms with van der Waals surface area (Å²) in [5, 5.41) is 1.14. The summed E-state index contributed by atoms with van der Waals surface area (Å²) >= 11 is 1.79. The van der Waals surface area contributed by atoms with Crippen LogP contribution in [0.4, 0.5) is 5.13 Å². The van der Waals surface area contributed by atoms with Gasteiger partial charge in [-0.25, -0.2) is 4.98 Å². The van der Waals surface area contributed by atoms with E-state index in [4.69, 9.17) is 10.7 Å². The van der Waals surface area contributed by atoms with Gasteiger partial charge in [0.2, 0.25) is 0 Å². The third kappa shape index (κ3) is 3.22. The highest BCUT2D eigenvalue weighted by Crippen LogP contribution is 2.35. The Morgan fingerprint density at radius 1 is 1.33 bits per heavy atom. The van der Waals surface area contributed by atoms with E-state index in [1.54, 1.807) is 11.3 Å². The van der Waals surface area contributed by atoms with Gasteiger partial charge in [0.25, 0.3) is 0 Å². The molecule has 1 heterocycles. The van der Waals surface area contributed by atoms with Gasteiger partial charge in [-0.1, -0.05) is 0 Å². The van der Waals surface area contributed by atoms with Crippen LogP contribution in [0.25, 0.3) is 0 Å². The molecule has 1 atom stereocenters. The number of fused-ring (bicyclic) bond motifs is 1. The maximum Gasteiger partial charge on any atom is 0.185 e.